The van der Waals surface area contributed by atoms with E-state index >= 15 is 0 Å². The molecule has 0 aliphatic carbocycles. The summed E-state index contributed by atoms with van der Waals surface area (Å²) in [6.07, 6.45) is 2.95. The van der Waals surface area contributed by atoms with Crippen molar-refractivity contribution in [2.24, 2.45) is 0 Å². The van der Waals surface area contributed by atoms with Gasteiger partial charge in [-0.15, -0.1) is 0 Å². The van der Waals surface area contributed by atoms with E-state index < -0.39 is 0 Å². The van der Waals surface area contributed by atoms with Crippen LogP contribution in [0.3, 0.4) is 0 Å². The molecule has 0 radical (unpaired) electrons. The molecule has 0 saturated heterocycles. The van der Waals surface area contributed by atoms with Crippen LogP contribution in [0.2, 0.25) is 0 Å². The Labute approximate surface area is 512 Å². The predicted octanol–water partition coefficient (Wildman–Crippen LogP) is 21.1. The lowest BCUT2D eigenvalue weighted by Gasteiger charge is -2.26. The second kappa shape index (κ2) is 26.9. The summed E-state index contributed by atoms with van der Waals surface area (Å²) >= 11 is 0. The van der Waals surface area contributed by atoms with Crippen LogP contribution in [0.5, 0.6) is 23.0 Å². The molecule has 0 saturated carbocycles. The van der Waals surface area contributed by atoms with E-state index in [0.717, 1.165) is 116 Å². The van der Waals surface area contributed by atoms with Gasteiger partial charge in [-0.25, -0.2) is 0 Å². The van der Waals surface area contributed by atoms with Gasteiger partial charge < -0.3 is 33.6 Å². The molecular weight excluding hydrogens is 1070 g/mol. The normalized spacial score (nSPS) is 11.3. The van der Waals surface area contributed by atoms with Crippen LogP contribution in [0, 0.1) is 0 Å². The van der Waals surface area contributed by atoms with Crippen LogP contribution in [0.4, 0.5) is 51.2 Å². The first kappa shape index (κ1) is 56.7. The molecule has 0 bridgehead atoms. The van der Waals surface area contributed by atoms with Crippen LogP contribution < -0.4 is 33.6 Å². The van der Waals surface area contributed by atoms with Crippen LogP contribution in [-0.4, -0.2) is 28.4 Å². The van der Waals surface area contributed by atoms with Crippen LogP contribution in [0.15, 0.2) is 303 Å². The zero-order valence-corrected chi connectivity index (χ0v) is 49.5. The Kier molecular flexibility index (Phi) is 17.5. The van der Waals surface area contributed by atoms with Crippen molar-refractivity contribution in [3.63, 3.8) is 0 Å². The second-order valence-corrected chi connectivity index (χ2v) is 21.6. The quantitative estimate of drug-likeness (QED) is 0.0670. The number of nitrogens with zero attached hydrogens (tertiary/aromatic N) is 3. The molecule has 87 heavy (non-hydrogen) atoms. The Balaban J connectivity index is 0.751. The number of aryl methyl sites for hydroxylation is 1. The standard InChI is InChI=1S/C80H69N3O4/c1-84-77-49-16-58(17-50-77)15-20-67(57-59-18-51-78(85-2)52-19-59)66-23-21-60(22-24-66)61-25-35-70(36-26-61)81(68-11-7-5-8-12-68)71-37-27-62(28-38-71)63-29-39-72(40-30-63)82(69-13-9-6-10-14-69)73-41-31-64(32-42-73)65-33-43-74(44-34-65)83(75-45-53-79(86-3)54-46-75)76-47-55-80(87-4)56-48-76/h5-14,16-19,21-56,67H,15,20,57H2,1-4H3. The summed E-state index contributed by atoms with van der Waals surface area (Å²) in [6, 6.07) is 108. The molecule has 0 heterocycles. The van der Waals surface area contributed by atoms with Crippen LogP contribution >= 0.6 is 0 Å². The molecular formula is C80H69N3O4. The first-order chi connectivity index (χ1) is 42.9. The molecule has 0 fully saturated rings. The summed E-state index contributed by atoms with van der Waals surface area (Å²) < 4.78 is 21.8. The second-order valence-electron chi connectivity index (χ2n) is 21.6. The molecule has 0 aliphatic heterocycles. The highest BCUT2D eigenvalue weighted by atomic mass is 16.5. The van der Waals surface area contributed by atoms with Gasteiger partial charge in [-0.1, -0.05) is 146 Å². The Bertz CT molecular complexity index is 4040. The third kappa shape index (κ3) is 13.3. The molecule has 7 nitrogen and oxygen atoms in total. The van der Waals surface area contributed by atoms with Crippen molar-refractivity contribution in [2.45, 2.75) is 25.2 Å². The first-order valence-corrected chi connectivity index (χ1v) is 29.6. The Hall–Kier alpha value is -10.8. The molecule has 0 aromatic heterocycles. The molecule has 12 aromatic rings. The average Bonchev–Trinajstić information content (AvgIpc) is 2.96. The van der Waals surface area contributed by atoms with Gasteiger partial charge in [0.1, 0.15) is 23.0 Å². The molecule has 0 spiro atoms. The number of benzene rings is 12. The van der Waals surface area contributed by atoms with Crippen molar-refractivity contribution in [1.82, 2.24) is 0 Å². The van der Waals surface area contributed by atoms with Gasteiger partial charge in [0.05, 0.1) is 28.4 Å². The van der Waals surface area contributed by atoms with Gasteiger partial charge in [-0.05, 0) is 233 Å². The van der Waals surface area contributed by atoms with Gasteiger partial charge in [0, 0.05) is 51.2 Å². The van der Waals surface area contributed by atoms with E-state index in [1.165, 1.54) is 27.8 Å². The Morgan fingerprint density at radius 2 is 0.471 bits per heavy atom. The molecule has 0 aliphatic rings. The average molecular weight is 1140 g/mol. The third-order valence-electron chi connectivity index (χ3n) is 16.3. The van der Waals surface area contributed by atoms with Gasteiger partial charge in [0.15, 0.2) is 0 Å². The molecule has 428 valence electrons. The van der Waals surface area contributed by atoms with Crippen molar-refractivity contribution in [1.29, 1.82) is 0 Å². The summed E-state index contributed by atoms with van der Waals surface area (Å²) in [4.78, 5) is 6.87. The smallest absolute Gasteiger partial charge is 0.119 e. The van der Waals surface area contributed by atoms with E-state index in [4.69, 9.17) is 18.9 Å². The number of hydrogen-bond donors (Lipinski definition) is 0. The minimum atomic E-state index is 0.345. The van der Waals surface area contributed by atoms with Crippen molar-refractivity contribution in [3.05, 3.63) is 320 Å². The largest absolute Gasteiger partial charge is 0.497 e. The number of para-hydroxylation sites is 2. The van der Waals surface area contributed by atoms with Crippen molar-refractivity contribution in [2.75, 3.05) is 43.1 Å². The number of rotatable bonds is 22. The molecule has 12 rings (SSSR count). The summed E-state index contributed by atoms with van der Waals surface area (Å²) in [5.41, 5.74) is 20.4. The fourth-order valence-corrected chi connectivity index (χ4v) is 11.5. The summed E-state index contributed by atoms with van der Waals surface area (Å²) in [6.45, 7) is 0. The van der Waals surface area contributed by atoms with Crippen molar-refractivity contribution < 1.29 is 18.9 Å². The van der Waals surface area contributed by atoms with Gasteiger partial charge in [-0.3, -0.25) is 0 Å². The van der Waals surface area contributed by atoms with E-state index in [9.17, 15) is 0 Å². The maximum atomic E-state index is 5.48. The SMILES string of the molecule is COc1ccc(CCC(Cc2ccc(OC)cc2)c2ccc(-c3ccc(N(c4ccccc4)c4ccc(-c5ccc(N(c6ccccc6)c6ccc(-c7ccc(N(c8ccc(OC)cc8)c8ccc(OC)cc8)cc7)cc6)cc5)cc4)cc3)cc2)cc1. The Morgan fingerprint density at radius 1 is 0.241 bits per heavy atom. The van der Waals surface area contributed by atoms with Gasteiger partial charge in [0.25, 0.3) is 0 Å². The summed E-state index contributed by atoms with van der Waals surface area (Å²) in [5.74, 6) is 3.72. The number of anilines is 9. The van der Waals surface area contributed by atoms with Crippen LogP contribution in [-0.2, 0) is 12.8 Å². The zero-order chi connectivity index (χ0) is 59.3. The molecule has 0 amide bonds. The first-order valence-electron chi connectivity index (χ1n) is 29.6. The van der Waals surface area contributed by atoms with E-state index in [0.29, 0.717) is 5.92 Å². The lowest BCUT2D eigenvalue weighted by atomic mass is 9.86. The maximum Gasteiger partial charge on any atom is 0.119 e. The van der Waals surface area contributed by atoms with Gasteiger partial charge in [-0.2, -0.15) is 0 Å². The lowest BCUT2D eigenvalue weighted by Crippen LogP contribution is -2.10. The molecule has 0 N–H and O–H groups in total. The summed E-state index contributed by atoms with van der Waals surface area (Å²) in [5, 5.41) is 0. The van der Waals surface area contributed by atoms with E-state index in [-0.39, 0.29) is 0 Å². The van der Waals surface area contributed by atoms with Crippen molar-refractivity contribution >= 4 is 51.2 Å². The molecule has 12 aromatic carbocycles. The topological polar surface area (TPSA) is 46.6 Å². The lowest BCUT2D eigenvalue weighted by molar-refractivity contribution is 0.414. The van der Waals surface area contributed by atoms with E-state index in [2.05, 4.69) is 294 Å². The highest BCUT2D eigenvalue weighted by Gasteiger charge is 2.19. The highest BCUT2D eigenvalue weighted by Crippen LogP contribution is 2.42. The van der Waals surface area contributed by atoms with E-state index in [1.807, 2.05) is 24.3 Å². The summed E-state index contributed by atoms with van der Waals surface area (Å²) in [7, 11) is 6.80. The minimum Gasteiger partial charge on any atom is -0.497 e. The Morgan fingerprint density at radius 3 is 0.747 bits per heavy atom. The van der Waals surface area contributed by atoms with Gasteiger partial charge >= 0.3 is 0 Å². The molecule has 7 heteroatoms. The maximum absolute atomic E-state index is 5.48. The predicted molar refractivity (Wildman–Crippen MR) is 361 cm³/mol. The number of hydrogen-bond acceptors (Lipinski definition) is 7. The fraction of sp³-hybridized carbons (Fsp3) is 0.100. The van der Waals surface area contributed by atoms with Crippen molar-refractivity contribution in [3.8, 4) is 56.4 Å². The van der Waals surface area contributed by atoms with E-state index in [1.54, 1.807) is 28.4 Å². The van der Waals surface area contributed by atoms with Gasteiger partial charge in [0.2, 0.25) is 0 Å². The van der Waals surface area contributed by atoms with Crippen LogP contribution in [0.25, 0.3) is 33.4 Å². The number of ether oxygens (including phenoxy) is 4. The zero-order valence-electron chi connectivity index (χ0n) is 49.5. The third-order valence-corrected chi connectivity index (χ3v) is 16.3. The molecule has 1 unspecified atom stereocenters. The monoisotopic (exact) mass is 1140 g/mol. The molecule has 1 atom stereocenters. The van der Waals surface area contributed by atoms with Crippen LogP contribution in [0.1, 0.15) is 29.0 Å². The number of methoxy groups -OCH3 is 4. The fourth-order valence-electron chi connectivity index (χ4n) is 11.5. The minimum absolute atomic E-state index is 0.345. The highest BCUT2D eigenvalue weighted by molar-refractivity contribution is 5.84.